The average Bonchev–Trinajstić information content (AvgIpc) is 3.02. The van der Waals surface area contributed by atoms with E-state index in [2.05, 4.69) is 74.6 Å². The van der Waals surface area contributed by atoms with Gasteiger partial charge in [-0.3, -0.25) is 0 Å². The molecule has 0 bridgehead atoms. The van der Waals surface area contributed by atoms with E-state index in [1.54, 1.807) is 0 Å². The number of hydrogen-bond donors (Lipinski definition) is 2. The number of ether oxygens (including phenoxy) is 1. The first-order valence-electron chi connectivity index (χ1n) is 16.0. The van der Waals surface area contributed by atoms with E-state index in [1.807, 2.05) is 24.3 Å². The molecule has 0 aliphatic heterocycles. The van der Waals surface area contributed by atoms with Gasteiger partial charge < -0.3 is 15.2 Å². The van der Waals surface area contributed by atoms with Gasteiger partial charge in [0.05, 0.1) is 18.8 Å². The molecular weight excluding hydrogens is 530 g/mol. The van der Waals surface area contributed by atoms with Crippen LogP contribution in [0.5, 0.6) is 0 Å². The Labute approximate surface area is 256 Å². The molecule has 0 amide bonds. The second-order valence-corrected chi connectivity index (χ2v) is 11.9. The maximum absolute atomic E-state index is 12.8. The minimum atomic E-state index is -0.267. The maximum Gasteiger partial charge on any atom is 0.338 e. The third-order valence-corrected chi connectivity index (χ3v) is 8.67. The Morgan fingerprint density at radius 1 is 0.721 bits per heavy atom. The normalized spacial score (nSPS) is 11.4. The summed E-state index contributed by atoms with van der Waals surface area (Å²) < 4.78 is 5.59. The molecular formula is C39H45NO3. The average molecular weight is 576 g/mol. The van der Waals surface area contributed by atoms with E-state index >= 15 is 0 Å². The van der Waals surface area contributed by atoms with Crippen LogP contribution in [0.1, 0.15) is 90.9 Å². The lowest BCUT2D eigenvalue weighted by atomic mass is 9.88. The number of carbonyl (C=O) groups excluding carboxylic acids is 1. The van der Waals surface area contributed by atoms with Gasteiger partial charge in [-0.15, -0.1) is 0 Å². The molecule has 2 N–H and O–H groups in total. The van der Waals surface area contributed by atoms with Crippen molar-refractivity contribution >= 4 is 44.0 Å². The highest BCUT2D eigenvalue weighted by atomic mass is 16.5. The number of aliphatic hydroxyl groups is 1. The number of fused-ring (bicyclic) bond motifs is 5. The highest BCUT2D eigenvalue weighted by Gasteiger charge is 2.15. The van der Waals surface area contributed by atoms with Crippen LogP contribution >= 0.6 is 0 Å². The van der Waals surface area contributed by atoms with Gasteiger partial charge in [0.2, 0.25) is 0 Å². The zero-order chi connectivity index (χ0) is 30.2. The number of anilines is 1. The number of hydrogen-bond acceptors (Lipinski definition) is 4. The lowest BCUT2D eigenvalue weighted by molar-refractivity contribution is 0.0497. The molecule has 0 heterocycles. The topological polar surface area (TPSA) is 58.6 Å². The highest BCUT2D eigenvalue weighted by Crippen LogP contribution is 2.39. The first-order valence-corrected chi connectivity index (χ1v) is 16.0. The minimum absolute atomic E-state index is 0.00275. The summed E-state index contributed by atoms with van der Waals surface area (Å²) in [5.74, 6) is -0.267. The zero-order valence-electron chi connectivity index (χ0n) is 26.0. The van der Waals surface area contributed by atoms with Crippen molar-refractivity contribution in [1.82, 2.24) is 0 Å². The summed E-state index contributed by atoms with van der Waals surface area (Å²) in [7, 11) is 0. The number of rotatable bonds is 14. The molecule has 0 radical (unpaired) electrons. The van der Waals surface area contributed by atoms with Crippen molar-refractivity contribution < 1.29 is 14.6 Å². The Kier molecular flexibility index (Phi) is 10.3. The molecule has 0 saturated heterocycles. The van der Waals surface area contributed by atoms with Crippen molar-refractivity contribution in [3.05, 3.63) is 101 Å². The lowest BCUT2D eigenvalue weighted by Gasteiger charge is -2.18. The fourth-order valence-corrected chi connectivity index (χ4v) is 6.38. The number of carbonyl (C=O) groups is 1. The van der Waals surface area contributed by atoms with Crippen LogP contribution in [0.4, 0.5) is 5.69 Å². The van der Waals surface area contributed by atoms with E-state index in [9.17, 15) is 9.90 Å². The van der Waals surface area contributed by atoms with Crippen LogP contribution in [0, 0.1) is 13.8 Å². The molecule has 0 aromatic heterocycles. The second kappa shape index (κ2) is 14.5. The van der Waals surface area contributed by atoms with Crippen LogP contribution < -0.4 is 5.32 Å². The number of esters is 1. The molecule has 4 nitrogen and oxygen atoms in total. The fourth-order valence-electron chi connectivity index (χ4n) is 6.38. The number of nitrogens with one attached hydrogen (secondary N) is 1. The quantitative estimate of drug-likeness (QED) is 0.0786. The summed E-state index contributed by atoms with van der Waals surface area (Å²) >= 11 is 0. The third kappa shape index (κ3) is 7.02. The van der Waals surface area contributed by atoms with E-state index in [0.29, 0.717) is 18.7 Å². The van der Waals surface area contributed by atoms with E-state index < -0.39 is 0 Å². The summed E-state index contributed by atoms with van der Waals surface area (Å²) in [6.07, 6.45) is 9.74. The molecule has 4 heteroatoms. The minimum Gasteiger partial charge on any atom is -0.462 e. The molecule has 5 aromatic carbocycles. The Morgan fingerprint density at radius 3 is 2.00 bits per heavy atom. The highest BCUT2D eigenvalue weighted by molar-refractivity contribution is 6.23. The molecule has 224 valence electrons. The van der Waals surface area contributed by atoms with Crippen molar-refractivity contribution in [2.24, 2.45) is 0 Å². The van der Waals surface area contributed by atoms with Gasteiger partial charge in [-0.2, -0.15) is 0 Å². The van der Waals surface area contributed by atoms with Gasteiger partial charge in [-0.1, -0.05) is 94.3 Å². The predicted octanol–water partition coefficient (Wildman–Crippen LogP) is 10.2. The lowest BCUT2D eigenvalue weighted by Crippen LogP contribution is -2.08. The van der Waals surface area contributed by atoms with E-state index in [1.165, 1.54) is 76.8 Å². The van der Waals surface area contributed by atoms with Gasteiger partial charge in [0, 0.05) is 12.2 Å². The van der Waals surface area contributed by atoms with Crippen molar-refractivity contribution in [3.8, 4) is 0 Å². The summed E-state index contributed by atoms with van der Waals surface area (Å²) in [6.45, 7) is 7.63. The molecule has 5 rings (SSSR count). The van der Waals surface area contributed by atoms with Gasteiger partial charge in [0.1, 0.15) is 0 Å². The predicted molar refractivity (Wildman–Crippen MR) is 181 cm³/mol. The number of unbranched alkanes of at least 4 members (excludes halogenated alkanes) is 7. The first-order chi connectivity index (χ1) is 21.0. The van der Waals surface area contributed by atoms with Crippen molar-refractivity contribution in [2.45, 2.75) is 85.3 Å². The monoisotopic (exact) mass is 575 g/mol. The molecule has 0 fully saturated rings. The number of aryl methyl sites for hydroxylation is 2. The molecule has 0 spiro atoms. The SMILES string of the molecule is CCCCCCCCCCOC(=O)c1cccc(NCc2cc3cc(CO)c4cccc(C)c4c3c3c(C)cccc23)c1. The largest absolute Gasteiger partial charge is 0.462 e. The number of aliphatic hydroxyl groups excluding tert-OH is 1. The molecule has 0 saturated carbocycles. The number of benzene rings is 5. The maximum atomic E-state index is 12.8. The Morgan fingerprint density at radius 2 is 1.33 bits per heavy atom. The van der Waals surface area contributed by atoms with Crippen LogP contribution in [0.25, 0.3) is 32.3 Å². The molecule has 0 aliphatic carbocycles. The van der Waals surface area contributed by atoms with Gasteiger partial charge in [-0.25, -0.2) is 4.79 Å². The van der Waals surface area contributed by atoms with Gasteiger partial charge in [-0.05, 0) is 105 Å². The van der Waals surface area contributed by atoms with Crippen LogP contribution in [-0.2, 0) is 17.9 Å². The Bertz CT molecular complexity index is 1720. The first kappa shape index (κ1) is 30.6. The van der Waals surface area contributed by atoms with Gasteiger partial charge >= 0.3 is 5.97 Å². The van der Waals surface area contributed by atoms with Crippen LogP contribution in [0.3, 0.4) is 0 Å². The van der Waals surface area contributed by atoms with Crippen LogP contribution in [0.2, 0.25) is 0 Å². The summed E-state index contributed by atoms with van der Waals surface area (Å²) in [5, 5.41) is 20.9. The smallest absolute Gasteiger partial charge is 0.338 e. The van der Waals surface area contributed by atoms with Crippen molar-refractivity contribution in [1.29, 1.82) is 0 Å². The van der Waals surface area contributed by atoms with E-state index in [-0.39, 0.29) is 12.6 Å². The Balaban J connectivity index is 1.32. The van der Waals surface area contributed by atoms with E-state index in [0.717, 1.165) is 34.9 Å². The van der Waals surface area contributed by atoms with Gasteiger partial charge in [0.25, 0.3) is 0 Å². The summed E-state index contributed by atoms with van der Waals surface area (Å²) in [5.41, 5.74) is 6.00. The molecule has 0 aliphatic rings. The zero-order valence-corrected chi connectivity index (χ0v) is 26.0. The fraction of sp³-hybridized carbons (Fsp3) is 0.359. The van der Waals surface area contributed by atoms with E-state index in [4.69, 9.17) is 4.74 Å². The van der Waals surface area contributed by atoms with Crippen LogP contribution in [0.15, 0.2) is 72.8 Å². The molecule has 43 heavy (non-hydrogen) atoms. The van der Waals surface area contributed by atoms with Crippen LogP contribution in [-0.4, -0.2) is 17.7 Å². The van der Waals surface area contributed by atoms with Gasteiger partial charge in [0.15, 0.2) is 0 Å². The Hall–Kier alpha value is -3.89. The second-order valence-electron chi connectivity index (χ2n) is 11.9. The standard InChI is InChI=1S/C39H45NO3/c1-4-5-6-7-8-9-10-11-21-43-39(42)29-17-14-18-33(24-29)40-25-31-22-30-23-32(26-41)35-20-13-16-28(3)37(35)38(30)36-27(2)15-12-19-34(31)36/h12-20,22-24,40-41H,4-11,21,25-26H2,1-3H3. The summed E-state index contributed by atoms with van der Waals surface area (Å²) in [4.78, 5) is 12.8. The molecule has 0 unspecified atom stereocenters. The van der Waals surface area contributed by atoms with Crippen molar-refractivity contribution in [2.75, 3.05) is 11.9 Å². The summed E-state index contributed by atoms with van der Waals surface area (Å²) in [6, 6.07) is 24.8. The molecule has 0 atom stereocenters. The molecule has 5 aromatic rings. The van der Waals surface area contributed by atoms with Crippen molar-refractivity contribution in [3.63, 3.8) is 0 Å². The third-order valence-electron chi connectivity index (χ3n) is 8.67.